The average molecular weight is 434 g/mol. The molecule has 0 unspecified atom stereocenters. The molecule has 0 saturated carbocycles. The molecular formula is C18H18N4O5S2. The van der Waals surface area contributed by atoms with Gasteiger partial charge >= 0.3 is 0 Å². The molecule has 11 heteroatoms. The Hall–Kier alpha value is -2.76. The van der Waals surface area contributed by atoms with Gasteiger partial charge in [-0.2, -0.15) is 0 Å². The van der Waals surface area contributed by atoms with Gasteiger partial charge in [0.25, 0.3) is 0 Å². The van der Waals surface area contributed by atoms with Crippen LogP contribution in [0.2, 0.25) is 0 Å². The lowest BCUT2D eigenvalue weighted by Crippen LogP contribution is -2.14. The van der Waals surface area contributed by atoms with Gasteiger partial charge in [0.05, 0.1) is 21.7 Å². The van der Waals surface area contributed by atoms with Crippen molar-refractivity contribution in [1.29, 1.82) is 0 Å². The lowest BCUT2D eigenvalue weighted by Gasteiger charge is -2.07. The molecule has 1 aliphatic heterocycles. The van der Waals surface area contributed by atoms with E-state index in [1.165, 1.54) is 23.9 Å². The van der Waals surface area contributed by atoms with Crippen LogP contribution in [0.15, 0.2) is 46.5 Å². The fourth-order valence-electron chi connectivity index (χ4n) is 2.98. The van der Waals surface area contributed by atoms with Crippen molar-refractivity contribution in [2.45, 2.75) is 23.5 Å². The Kier molecular flexibility index (Phi) is 5.11. The molecule has 4 rings (SSSR count). The second-order valence-corrected chi connectivity index (χ2v) is 8.74. The molecule has 0 bridgehead atoms. The van der Waals surface area contributed by atoms with Crippen LogP contribution in [0.3, 0.4) is 0 Å². The van der Waals surface area contributed by atoms with E-state index in [-0.39, 0.29) is 23.3 Å². The first kappa shape index (κ1) is 19.6. The zero-order chi connectivity index (χ0) is 20.6. The topological polar surface area (TPSA) is 126 Å². The van der Waals surface area contributed by atoms with Gasteiger partial charge in [-0.25, -0.2) is 18.5 Å². The Morgan fingerprint density at radius 2 is 2.03 bits per heavy atom. The summed E-state index contributed by atoms with van der Waals surface area (Å²) in [6.07, 6.45) is 0. The number of aromatic nitrogens is 2. The number of nitrogens with two attached hydrogens (primary N) is 1. The first-order valence-electron chi connectivity index (χ1n) is 8.70. The Labute approximate surface area is 171 Å². The summed E-state index contributed by atoms with van der Waals surface area (Å²) in [4.78, 5) is 16.8. The normalized spacial score (nSPS) is 13.0. The number of ether oxygens (including phenoxy) is 2. The molecule has 2 aromatic carbocycles. The maximum Gasteiger partial charge on any atom is 0.238 e. The summed E-state index contributed by atoms with van der Waals surface area (Å²) in [7, 11) is -3.81. The van der Waals surface area contributed by atoms with E-state index in [0.29, 0.717) is 34.4 Å². The van der Waals surface area contributed by atoms with Crippen LogP contribution in [0.1, 0.15) is 6.92 Å². The third-order valence-corrected chi connectivity index (χ3v) is 6.21. The zero-order valence-electron chi connectivity index (χ0n) is 15.4. The predicted molar refractivity (Wildman–Crippen MR) is 109 cm³/mol. The number of fused-ring (bicyclic) bond motifs is 2. The Morgan fingerprint density at radius 3 is 2.79 bits per heavy atom. The van der Waals surface area contributed by atoms with Crippen molar-refractivity contribution in [3.63, 3.8) is 0 Å². The average Bonchev–Trinajstić information content (AvgIpc) is 3.28. The number of nitrogens with zero attached hydrogens (tertiary/aromatic N) is 2. The predicted octanol–water partition coefficient (Wildman–Crippen LogP) is 2.16. The molecule has 0 fully saturated rings. The van der Waals surface area contributed by atoms with Crippen molar-refractivity contribution >= 4 is 44.4 Å². The number of amides is 1. The standard InChI is InChI=1S/C18H18N4O5S2/c1-2-22-14-5-4-12(29(19,24)25)8-13(14)21-18(22)28-9-17(23)20-11-3-6-15-16(7-11)27-10-26-15/h3-8H,2,9-10H2,1H3,(H,20,23)(H2,19,24,25). The molecule has 9 nitrogen and oxygen atoms in total. The van der Waals surface area contributed by atoms with Crippen LogP contribution in [0, 0.1) is 0 Å². The molecule has 0 radical (unpaired) electrons. The van der Waals surface area contributed by atoms with Gasteiger partial charge in [-0.05, 0) is 37.3 Å². The number of aryl methyl sites for hydroxylation is 1. The van der Waals surface area contributed by atoms with Crippen molar-refractivity contribution in [3.05, 3.63) is 36.4 Å². The second kappa shape index (κ2) is 7.58. The maximum atomic E-state index is 12.3. The molecule has 3 N–H and O–H groups in total. The van der Waals surface area contributed by atoms with Gasteiger partial charge in [0.1, 0.15) is 0 Å². The number of hydrogen-bond donors (Lipinski definition) is 2. The largest absolute Gasteiger partial charge is 0.454 e. The van der Waals surface area contributed by atoms with E-state index in [2.05, 4.69) is 10.3 Å². The van der Waals surface area contributed by atoms with Crippen LogP contribution in [0.25, 0.3) is 11.0 Å². The van der Waals surface area contributed by atoms with Gasteiger partial charge in [0.2, 0.25) is 22.7 Å². The molecule has 0 atom stereocenters. The molecular weight excluding hydrogens is 416 g/mol. The van der Waals surface area contributed by atoms with Crippen molar-refractivity contribution in [2.75, 3.05) is 17.9 Å². The summed E-state index contributed by atoms with van der Waals surface area (Å²) >= 11 is 1.27. The number of thioether (sulfide) groups is 1. The molecule has 0 spiro atoms. The number of imidazole rings is 1. The van der Waals surface area contributed by atoms with Gasteiger partial charge in [0.15, 0.2) is 16.7 Å². The highest BCUT2D eigenvalue weighted by Crippen LogP contribution is 2.34. The van der Waals surface area contributed by atoms with E-state index >= 15 is 0 Å². The van der Waals surface area contributed by atoms with Gasteiger partial charge in [0, 0.05) is 18.3 Å². The van der Waals surface area contributed by atoms with E-state index in [9.17, 15) is 13.2 Å². The number of benzene rings is 2. The van der Waals surface area contributed by atoms with Crippen LogP contribution in [-0.2, 0) is 21.4 Å². The Bertz CT molecular complexity index is 1210. The van der Waals surface area contributed by atoms with Crippen LogP contribution in [-0.4, -0.2) is 36.4 Å². The molecule has 2 heterocycles. The number of anilines is 1. The number of carbonyl (C=O) groups is 1. The van der Waals surface area contributed by atoms with E-state index in [0.717, 1.165) is 5.52 Å². The lowest BCUT2D eigenvalue weighted by molar-refractivity contribution is -0.113. The Balaban J connectivity index is 1.49. The first-order valence-corrected chi connectivity index (χ1v) is 11.2. The zero-order valence-corrected chi connectivity index (χ0v) is 17.0. The van der Waals surface area contributed by atoms with Gasteiger partial charge in [-0.3, -0.25) is 4.79 Å². The smallest absolute Gasteiger partial charge is 0.238 e. The molecule has 0 aliphatic carbocycles. The molecule has 3 aromatic rings. The van der Waals surface area contributed by atoms with Crippen molar-refractivity contribution in [1.82, 2.24) is 9.55 Å². The summed E-state index contributed by atoms with van der Waals surface area (Å²) in [5, 5.41) is 8.63. The fourth-order valence-corrected chi connectivity index (χ4v) is 4.39. The highest BCUT2D eigenvalue weighted by atomic mass is 32.2. The van der Waals surface area contributed by atoms with Gasteiger partial charge < -0.3 is 19.4 Å². The SMILES string of the molecule is CCn1c(SCC(=O)Nc2ccc3c(c2)OCO3)nc2cc(S(N)(=O)=O)ccc21. The first-order chi connectivity index (χ1) is 13.8. The molecule has 1 aromatic heterocycles. The molecule has 29 heavy (non-hydrogen) atoms. The summed E-state index contributed by atoms with van der Waals surface area (Å²) < 4.78 is 35.6. The second-order valence-electron chi connectivity index (χ2n) is 6.24. The summed E-state index contributed by atoms with van der Waals surface area (Å²) in [5.74, 6) is 1.18. The number of carbonyl (C=O) groups excluding carboxylic acids is 1. The molecule has 152 valence electrons. The van der Waals surface area contributed by atoms with Gasteiger partial charge in [-0.1, -0.05) is 11.8 Å². The van der Waals surface area contributed by atoms with Crippen molar-refractivity contribution in [3.8, 4) is 11.5 Å². The summed E-state index contributed by atoms with van der Waals surface area (Å²) in [6.45, 7) is 2.74. The highest BCUT2D eigenvalue weighted by Gasteiger charge is 2.17. The quantitative estimate of drug-likeness (QED) is 0.570. The number of sulfonamides is 1. The van der Waals surface area contributed by atoms with Crippen LogP contribution >= 0.6 is 11.8 Å². The Morgan fingerprint density at radius 1 is 1.24 bits per heavy atom. The molecule has 1 aliphatic rings. The number of primary sulfonamides is 1. The summed E-state index contributed by atoms with van der Waals surface area (Å²) in [6, 6.07) is 9.75. The van der Waals surface area contributed by atoms with Crippen LogP contribution in [0.5, 0.6) is 11.5 Å². The third-order valence-electron chi connectivity index (χ3n) is 4.32. The number of hydrogen-bond acceptors (Lipinski definition) is 7. The van der Waals surface area contributed by atoms with E-state index < -0.39 is 10.0 Å². The monoisotopic (exact) mass is 434 g/mol. The summed E-state index contributed by atoms with van der Waals surface area (Å²) in [5.41, 5.74) is 1.90. The van der Waals surface area contributed by atoms with E-state index in [4.69, 9.17) is 14.6 Å². The van der Waals surface area contributed by atoms with Gasteiger partial charge in [-0.15, -0.1) is 0 Å². The minimum atomic E-state index is -3.81. The van der Waals surface area contributed by atoms with Crippen molar-refractivity contribution < 1.29 is 22.7 Å². The fraction of sp³-hybridized carbons (Fsp3) is 0.222. The van der Waals surface area contributed by atoms with Crippen LogP contribution < -0.4 is 19.9 Å². The molecule has 0 saturated heterocycles. The lowest BCUT2D eigenvalue weighted by atomic mass is 10.3. The van der Waals surface area contributed by atoms with E-state index in [1.807, 2.05) is 11.5 Å². The van der Waals surface area contributed by atoms with Crippen molar-refractivity contribution in [2.24, 2.45) is 5.14 Å². The minimum Gasteiger partial charge on any atom is -0.454 e. The number of rotatable bonds is 6. The van der Waals surface area contributed by atoms with E-state index in [1.54, 1.807) is 24.3 Å². The number of nitrogens with one attached hydrogen (secondary N) is 1. The third kappa shape index (κ3) is 4.02. The minimum absolute atomic E-state index is 0.00264. The highest BCUT2D eigenvalue weighted by molar-refractivity contribution is 7.99. The molecule has 1 amide bonds. The maximum absolute atomic E-state index is 12.3. The van der Waals surface area contributed by atoms with Crippen LogP contribution in [0.4, 0.5) is 5.69 Å².